The van der Waals surface area contributed by atoms with E-state index in [0.717, 1.165) is 25.7 Å². The van der Waals surface area contributed by atoms with Crippen molar-refractivity contribution in [1.29, 1.82) is 0 Å². The van der Waals surface area contributed by atoms with Crippen LogP contribution in [0.2, 0.25) is 0 Å². The van der Waals surface area contributed by atoms with Gasteiger partial charge in [0, 0.05) is 5.92 Å². The van der Waals surface area contributed by atoms with Gasteiger partial charge >= 0.3 is 5.97 Å². The quantitative estimate of drug-likeness (QED) is 0.751. The molecule has 3 atom stereocenters. The van der Waals surface area contributed by atoms with Crippen LogP contribution in [0.15, 0.2) is 0 Å². The first-order valence-corrected chi connectivity index (χ1v) is 7.86. The molecule has 1 aliphatic carbocycles. The summed E-state index contributed by atoms with van der Waals surface area (Å²) in [7, 11) is 0. The van der Waals surface area contributed by atoms with E-state index in [0.29, 0.717) is 24.9 Å². The Bertz CT molecular complexity index is 288. The van der Waals surface area contributed by atoms with Crippen LogP contribution in [-0.4, -0.2) is 23.3 Å². The summed E-state index contributed by atoms with van der Waals surface area (Å²) in [5, 5.41) is 11.0. The van der Waals surface area contributed by atoms with Crippen LogP contribution in [0.5, 0.6) is 0 Å². The summed E-state index contributed by atoms with van der Waals surface area (Å²) in [6, 6.07) is 0. The van der Waals surface area contributed by atoms with E-state index in [4.69, 9.17) is 4.74 Å². The van der Waals surface area contributed by atoms with Gasteiger partial charge in [-0.15, -0.1) is 0 Å². The van der Waals surface area contributed by atoms with E-state index in [1.54, 1.807) is 6.92 Å². The summed E-state index contributed by atoms with van der Waals surface area (Å²) < 4.78 is 5.15. The van der Waals surface area contributed by atoms with Gasteiger partial charge in [-0.1, -0.05) is 40.0 Å². The molecule has 0 saturated heterocycles. The number of rotatable bonds is 6. The second-order valence-electron chi connectivity index (χ2n) is 6.19. The lowest BCUT2D eigenvalue weighted by Crippen LogP contribution is -2.51. The number of hydrogen-bond acceptors (Lipinski definition) is 3. The fourth-order valence-corrected chi connectivity index (χ4v) is 3.63. The number of carbonyl (C=O) groups is 1. The molecule has 0 aromatic heterocycles. The van der Waals surface area contributed by atoms with Crippen LogP contribution >= 0.6 is 0 Å². The summed E-state index contributed by atoms with van der Waals surface area (Å²) in [6.45, 7) is 8.54. The second-order valence-corrected chi connectivity index (χ2v) is 6.19. The van der Waals surface area contributed by atoms with Gasteiger partial charge in [0.15, 0.2) is 5.60 Å². The highest BCUT2D eigenvalue weighted by molar-refractivity contribution is 5.79. The van der Waals surface area contributed by atoms with Gasteiger partial charge in [-0.2, -0.15) is 0 Å². The fourth-order valence-electron chi connectivity index (χ4n) is 3.63. The Kier molecular flexibility index (Phi) is 6.31. The largest absolute Gasteiger partial charge is 0.464 e. The summed E-state index contributed by atoms with van der Waals surface area (Å²) in [5.74, 6) is 0.576. The zero-order valence-corrected chi connectivity index (χ0v) is 12.9. The van der Waals surface area contributed by atoms with Crippen molar-refractivity contribution in [3.05, 3.63) is 0 Å². The SMILES string of the molecule is CCCC(O)(C(=O)OCC)C1CCCCC1C(C)C. The smallest absolute Gasteiger partial charge is 0.338 e. The molecule has 0 bridgehead atoms. The topological polar surface area (TPSA) is 46.5 Å². The average Bonchev–Trinajstić information content (AvgIpc) is 2.39. The Labute approximate surface area is 117 Å². The normalized spacial score (nSPS) is 27.1. The molecule has 19 heavy (non-hydrogen) atoms. The predicted octanol–water partition coefficient (Wildman–Crippen LogP) is 3.54. The molecule has 112 valence electrons. The summed E-state index contributed by atoms with van der Waals surface area (Å²) in [6.07, 6.45) is 5.70. The molecule has 0 spiro atoms. The van der Waals surface area contributed by atoms with Gasteiger partial charge in [-0.3, -0.25) is 0 Å². The van der Waals surface area contributed by atoms with Gasteiger partial charge in [0.25, 0.3) is 0 Å². The van der Waals surface area contributed by atoms with Crippen molar-refractivity contribution in [3.8, 4) is 0 Å². The van der Waals surface area contributed by atoms with Crippen molar-refractivity contribution in [2.24, 2.45) is 17.8 Å². The summed E-state index contributed by atoms with van der Waals surface area (Å²) >= 11 is 0. The van der Waals surface area contributed by atoms with E-state index in [-0.39, 0.29) is 5.92 Å². The molecule has 0 aromatic rings. The van der Waals surface area contributed by atoms with Crippen LogP contribution < -0.4 is 0 Å². The first kappa shape index (κ1) is 16.5. The van der Waals surface area contributed by atoms with Crippen LogP contribution in [0.3, 0.4) is 0 Å². The number of esters is 1. The molecule has 1 saturated carbocycles. The van der Waals surface area contributed by atoms with Crippen LogP contribution in [0.25, 0.3) is 0 Å². The summed E-state index contributed by atoms with van der Waals surface area (Å²) in [4.78, 5) is 12.3. The van der Waals surface area contributed by atoms with Gasteiger partial charge in [0.1, 0.15) is 0 Å². The van der Waals surface area contributed by atoms with Crippen molar-refractivity contribution in [3.63, 3.8) is 0 Å². The van der Waals surface area contributed by atoms with Gasteiger partial charge in [-0.05, 0) is 38.0 Å². The summed E-state index contributed by atoms with van der Waals surface area (Å²) in [5.41, 5.74) is -1.28. The minimum atomic E-state index is -1.28. The first-order valence-electron chi connectivity index (χ1n) is 7.86. The molecule has 1 fully saturated rings. The standard InChI is InChI=1S/C16H30O3/c1-5-11-16(18,15(17)19-6-2)14-10-8-7-9-13(14)12(3)4/h12-14,18H,5-11H2,1-4H3. The third-order valence-corrected chi connectivity index (χ3v) is 4.55. The minimum Gasteiger partial charge on any atom is -0.464 e. The number of aliphatic hydroxyl groups is 1. The molecule has 1 rings (SSSR count). The first-order chi connectivity index (χ1) is 8.97. The Morgan fingerprint density at radius 2 is 1.95 bits per heavy atom. The molecule has 0 aromatic carbocycles. The van der Waals surface area contributed by atoms with Gasteiger partial charge in [0.2, 0.25) is 0 Å². The van der Waals surface area contributed by atoms with E-state index in [9.17, 15) is 9.90 Å². The molecular weight excluding hydrogens is 240 g/mol. The molecule has 3 unspecified atom stereocenters. The van der Waals surface area contributed by atoms with Crippen molar-refractivity contribution >= 4 is 5.97 Å². The average molecular weight is 270 g/mol. The Hall–Kier alpha value is -0.570. The van der Waals surface area contributed by atoms with E-state index >= 15 is 0 Å². The zero-order valence-electron chi connectivity index (χ0n) is 12.9. The third-order valence-electron chi connectivity index (χ3n) is 4.55. The lowest BCUT2D eigenvalue weighted by atomic mass is 9.65. The van der Waals surface area contributed by atoms with Crippen molar-refractivity contribution in [1.82, 2.24) is 0 Å². The highest BCUT2D eigenvalue weighted by Gasteiger charge is 2.48. The maximum absolute atomic E-state index is 12.3. The van der Waals surface area contributed by atoms with Crippen molar-refractivity contribution in [2.75, 3.05) is 6.61 Å². The number of ether oxygens (including phenoxy) is 1. The molecular formula is C16H30O3. The lowest BCUT2D eigenvalue weighted by Gasteiger charge is -2.43. The third kappa shape index (κ3) is 3.71. The molecule has 1 aliphatic rings. The van der Waals surface area contributed by atoms with Crippen molar-refractivity contribution in [2.45, 2.75) is 71.8 Å². The van der Waals surface area contributed by atoms with Gasteiger partial charge in [-0.25, -0.2) is 4.79 Å². The van der Waals surface area contributed by atoms with Crippen LogP contribution in [0, 0.1) is 17.8 Å². The number of carbonyl (C=O) groups excluding carboxylic acids is 1. The minimum absolute atomic E-state index is 0.0558. The van der Waals surface area contributed by atoms with Gasteiger partial charge in [0.05, 0.1) is 6.61 Å². The van der Waals surface area contributed by atoms with Crippen LogP contribution in [0.4, 0.5) is 0 Å². The highest BCUT2D eigenvalue weighted by atomic mass is 16.5. The molecule has 0 amide bonds. The van der Waals surface area contributed by atoms with E-state index in [2.05, 4.69) is 13.8 Å². The van der Waals surface area contributed by atoms with Crippen LogP contribution in [0.1, 0.15) is 66.2 Å². The molecule has 1 N–H and O–H groups in total. The van der Waals surface area contributed by atoms with E-state index < -0.39 is 11.6 Å². The predicted molar refractivity (Wildman–Crippen MR) is 76.8 cm³/mol. The lowest BCUT2D eigenvalue weighted by molar-refractivity contribution is -0.178. The zero-order chi connectivity index (χ0) is 14.5. The Morgan fingerprint density at radius 3 is 2.47 bits per heavy atom. The van der Waals surface area contributed by atoms with E-state index in [1.807, 2.05) is 6.92 Å². The molecule has 0 heterocycles. The maximum Gasteiger partial charge on any atom is 0.338 e. The number of hydrogen-bond donors (Lipinski definition) is 1. The molecule has 0 radical (unpaired) electrons. The van der Waals surface area contributed by atoms with Gasteiger partial charge < -0.3 is 9.84 Å². The second kappa shape index (κ2) is 7.28. The Balaban J connectivity index is 2.97. The molecule has 0 aliphatic heterocycles. The monoisotopic (exact) mass is 270 g/mol. The maximum atomic E-state index is 12.3. The van der Waals surface area contributed by atoms with Crippen LogP contribution in [-0.2, 0) is 9.53 Å². The molecule has 3 heteroatoms. The van der Waals surface area contributed by atoms with Crippen molar-refractivity contribution < 1.29 is 14.6 Å². The Morgan fingerprint density at radius 1 is 1.32 bits per heavy atom. The van der Waals surface area contributed by atoms with E-state index in [1.165, 1.54) is 6.42 Å². The molecule has 3 nitrogen and oxygen atoms in total. The highest BCUT2D eigenvalue weighted by Crippen LogP contribution is 2.43. The fraction of sp³-hybridized carbons (Fsp3) is 0.938.